The van der Waals surface area contributed by atoms with Gasteiger partial charge in [0, 0.05) is 60.1 Å². The molecule has 42 heavy (non-hydrogen) atoms. The largest absolute Gasteiger partial charge is 0.369 e. The van der Waals surface area contributed by atoms with Crippen LogP contribution in [0.25, 0.3) is 0 Å². The van der Waals surface area contributed by atoms with E-state index in [1.54, 1.807) is 60.7 Å². The number of urea groups is 1. The highest BCUT2D eigenvalue weighted by Gasteiger charge is 2.35. The first-order valence-electron chi connectivity index (χ1n) is 13.8. The Balaban J connectivity index is 1.26. The quantitative estimate of drug-likeness (QED) is 0.265. The van der Waals surface area contributed by atoms with Gasteiger partial charge >= 0.3 is 6.03 Å². The zero-order chi connectivity index (χ0) is 29.2. The number of fused-ring (bicyclic) bond motifs is 4. The van der Waals surface area contributed by atoms with Crippen LogP contribution >= 0.6 is 11.6 Å². The highest BCUT2D eigenvalue weighted by molar-refractivity contribution is 6.30. The van der Waals surface area contributed by atoms with Gasteiger partial charge in [-0.05, 0) is 78.6 Å². The van der Waals surface area contributed by atoms with Crippen molar-refractivity contribution in [2.75, 3.05) is 28.6 Å². The number of anilines is 3. The molecule has 1 fully saturated rings. The topological polar surface area (TPSA) is 95.5 Å². The lowest BCUT2D eigenvalue weighted by atomic mass is 9.83. The summed E-state index contributed by atoms with van der Waals surface area (Å²) >= 11 is 5.98. The fourth-order valence-electron chi connectivity index (χ4n) is 5.85. The van der Waals surface area contributed by atoms with Gasteiger partial charge in [0.25, 0.3) is 11.5 Å². The first kappa shape index (κ1) is 27.5. The van der Waals surface area contributed by atoms with Gasteiger partial charge in [-0.2, -0.15) is 0 Å². The number of rotatable bonds is 6. The van der Waals surface area contributed by atoms with Gasteiger partial charge in [-0.3, -0.25) is 9.59 Å². The number of piperidine rings is 1. The van der Waals surface area contributed by atoms with E-state index in [0.29, 0.717) is 41.6 Å². The lowest BCUT2D eigenvalue weighted by Crippen LogP contribution is -2.47. The van der Waals surface area contributed by atoms with Gasteiger partial charge in [-0.25, -0.2) is 9.18 Å². The summed E-state index contributed by atoms with van der Waals surface area (Å²) in [6, 6.07) is 22.9. The Hall–Kier alpha value is -4.63. The highest BCUT2D eigenvalue weighted by Crippen LogP contribution is 2.39. The van der Waals surface area contributed by atoms with Crippen LogP contribution in [0.15, 0.2) is 89.7 Å². The van der Waals surface area contributed by atoms with E-state index in [0.717, 1.165) is 23.4 Å². The lowest BCUT2D eigenvalue weighted by Gasteiger charge is -2.44. The Labute approximate surface area is 247 Å². The summed E-state index contributed by atoms with van der Waals surface area (Å²) in [6.45, 7) is 2.26. The number of aromatic nitrogens is 1. The van der Waals surface area contributed by atoms with Gasteiger partial charge in [-0.1, -0.05) is 29.8 Å². The molecule has 8 nitrogen and oxygen atoms in total. The molecule has 2 aliphatic rings. The van der Waals surface area contributed by atoms with Crippen LogP contribution in [0.1, 0.15) is 34.0 Å². The normalized spacial score (nSPS) is 17.2. The van der Waals surface area contributed by atoms with E-state index in [4.69, 9.17) is 11.6 Å². The van der Waals surface area contributed by atoms with Crippen LogP contribution in [0.3, 0.4) is 0 Å². The third-order valence-corrected chi connectivity index (χ3v) is 8.05. The second kappa shape index (κ2) is 11.7. The van der Waals surface area contributed by atoms with Crippen molar-refractivity contribution in [1.29, 1.82) is 0 Å². The molecule has 6 rings (SSSR count). The van der Waals surface area contributed by atoms with E-state index in [1.165, 1.54) is 12.1 Å². The molecule has 1 aromatic heterocycles. The molecule has 2 atom stereocenters. The summed E-state index contributed by atoms with van der Waals surface area (Å²) < 4.78 is 15.1. The maximum atomic E-state index is 13.3. The fraction of sp³-hybridized carbons (Fsp3) is 0.219. The Kier molecular flexibility index (Phi) is 7.67. The van der Waals surface area contributed by atoms with Crippen LogP contribution in [-0.4, -0.2) is 29.6 Å². The number of benzene rings is 3. The smallest absolute Gasteiger partial charge is 0.323 e. The molecule has 214 valence electrons. The molecule has 3 aromatic carbocycles. The summed E-state index contributed by atoms with van der Waals surface area (Å²) in [5, 5.41) is 9.17. The van der Waals surface area contributed by atoms with E-state index in [9.17, 15) is 18.8 Å². The molecule has 10 heteroatoms. The van der Waals surface area contributed by atoms with Gasteiger partial charge in [0.1, 0.15) is 5.82 Å². The van der Waals surface area contributed by atoms with E-state index in [1.807, 2.05) is 16.7 Å². The molecular weight excluding hydrogens is 557 g/mol. The van der Waals surface area contributed by atoms with Crippen LogP contribution in [0, 0.1) is 11.7 Å². The third kappa shape index (κ3) is 6.01. The molecule has 0 saturated carbocycles. The number of nitrogens with one attached hydrogen (secondary N) is 3. The molecule has 0 spiro atoms. The first-order chi connectivity index (χ1) is 20.3. The van der Waals surface area contributed by atoms with Crippen LogP contribution in [0.4, 0.5) is 26.2 Å². The lowest BCUT2D eigenvalue weighted by molar-refractivity contribution is 0.0951. The third-order valence-electron chi connectivity index (χ3n) is 7.80. The van der Waals surface area contributed by atoms with Crippen molar-refractivity contribution in [2.24, 2.45) is 5.92 Å². The Morgan fingerprint density at radius 3 is 2.48 bits per heavy atom. The van der Waals surface area contributed by atoms with Crippen LogP contribution < -0.4 is 26.4 Å². The zero-order valence-corrected chi connectivity index (χ0v) is 23.4. The van der Waals surface area contributed by atoms with Gasteiger partial charge in [0.15, 0.2) is 0 Å². The molecule has 0 aliphatic carbocycles. The second-order valence-corrected chi connectivity index (χ2v) is 11.2. The summed E-state index contributed by atoms with van der Waals surface area (Å²) in [4.78, 5) is 40.9. The van der Waals surface area contributed by atoms with Gasteiger partial charge in [-0.15, -0.1) is 0 Å². The van der Waals surface area contributed by atoms with Crippen LogP contribution in [0.2, 0.25) is 5.02 Å². The van der Waals surface area contributed by atoms with Gasteiger partial charge < -0.3 is 25.4 Å². The molecular formula is C32H29ClFN5O3. The van der Waals surface area contributed by atoms with Crippen molar-refractivity contribution in [2.45, 2.75) is 25.4 Å². The molecule has 3 N–H and O–H groups in total. The molecule has 4 aromatic rings. The maximum absolute atomic E-state index is 13.3. The van der Waals surface area contributed by atoms with Crippen molar-refractivity contribution < 1.29 is 14.0 Å². The fourth-order valence-corrected chi connectivity index (χ4v) is 5.98. The monoisotopic (exact) mass is 585 g/mol. The summed E-state index contributed by atoms with van der Waals surface area (Å²) in [7, 11) is 0. The van der Waals surface area contributed by atoms with Crippen molar-refractivity contribution in [3.8, 4) is 0 Å². The summed E-state index contributed by atoms with van der Waals surface area (Å²) in [5.41, 5.74) is 4.03. The van der Waals surface area contributed by atoms with Crippen molar-refractivity contribution in [3.05, 3.63) is 123 Å². The average Bonchev–Trinajstić information content (AvgIpc) is 2.98. The van der Waals surface area contributed by atoms with Crippen LogP contribution in [0.5, 0.6) is 0 Å². The zero-order valence-electron chi connectivity index (χ0n) is 22.6. The predicted molar refractivity (Wildman–Crippen MR) is 162 cm³/mol. The number of carbonyl (C=O) groups excluding carboxylic acids is 2. The van der Waals surface area contributed by atoms with Gasteiger partial charge in [0.05, 0.1) is 11.4 Å². The number of amides is 3. The van der Waals surface area contributed by atoms with Crippen molar-refractivity contribution in [3.63, 3.8) is 0 Å². The Morgan fingerprint density at radius 1 is 0.905 bits per heavy atom. The van der Waals surface area contributed by atoms with E-state index >= 15 is 0 Å². The molecule has 1 saturated heterocycles. The second-order valence-electron chi connectivity index (χ2n) is 10.7. The number of carbonyl (C=O) groups is 2. The van der Waals surface area contributed by atoms with Crippen molar-refractivity contribution >= 4 is 40.6 Å². The summed E-state index contributed by atoms with van der Waals surface area (Å²) in [6.07, 6.45) is 0.990. The molecule has 2 aliphatic heterocycles. The molecule has 2 unspecified atom stereocenters. The Morgan fingerprint density at radius 2 is 1.69 bits per heavy atom. The van der Waals surface area contributed by atoms with E-state index < -0.39 is 6.03 Å². The average molecular weight is 586 g/mol. The molecule has 2 bridgehead atoms. The number of hydrogen-bond donors (Lipinski definition) is 3. The SMILES string of the molecule is O=C(Nc1ccc(Cl)cc1)Nc1cc(C(=O)NCc2ccc(F)cc2)ccc1N1CC2CC(C1)c1cccc(=O)n1C2. The van der Waals surface area contributed by atoms with Gasteiger partial charge in [0.2, 0.25) is 0 Å². The van der Waals surface area contributed by atoms with E-state index in [2.05, 4.69) is 20.9 Å². The highest BCUT2D eigenvalue weighted by atomic mass is 35.5. The number of halogens is 2. The predicted octanol–water partition coefficient (Wildman–Crippen LogP) is 5.84. The summed E-state index contributed by atoms with van der Waals surface area (Å²) in [5.74, 6) is -0.229. The number of nitrogens with zero attached hydrogens (tertiary/aromatic N) is 2. The minimum atomic E-state index is -0.462. The molecule has 3 amide bonds. The minimum Gasteiger partial charge on any atom is -0.369 e. The van der Waals surface area contributed by atoms with Crippen molar-refractivity contribution in [1.82, 2.24) is 9.88 Å². The first-order valence-corrected chi connectivity index (χ1v) is 14.1. The maximum Gasteiger partial charge on any atom is 0.323 e. The minimum absolute atomic E-state index is 0.0212. The van der Waals surface area contributed by atoms with E-state index in [-0.39, 0.29) is 35.7 Å². The Bertz CT molecular complexity index is 1690. The number of pyridine rings is 1. The molecule has 3 heterocycles. The number of hydrogen-bond acceptors (Lipinski definition) is 4. The van der Waals surface area contributed by atoms with Crippen LogP contribution in [-0.2, 0) is 13.1 Å². The molecule has 0 radical (unpaired) electrons. The standard InChI is InChI=1S/C32H29ClFN5O3/c33-24-7-11-26(12-8-24)36-32(42)37-27-15-22(31(41)35-16-20-4-9-25(34)10-5-20)6-13-29(27)38-17-21-14-23(19-38)28-2-1-3-30(40)39(28)18-21/h1-13,15,21,23H,14,16-19H2,(H,35,41)(H2,36,37,42).